The van der Waals surface area contributed by atoms with E-state index in [1.165, 1.54) is 0 Å². The van der Waals surface area contributed by atoms with Crippen molar-refractivity contribution >= 4 is 22.8 Å². The lowest BCUT2D eigenvalue weighted by atomic mass is 9.93. The van der Waals surface area contributed by atoms with Crippen LogP contribution in [0.3, 0.4) is 0 Å². The highest BCUT2D eigenvalue weighted by Crippen LogP contribution is 2.23. The summed E-state index contributed by atoms with van der Waals surface area (Å²) in [5, 5.41) is 9.79. The number of carbonyl (C=O) groups excluding carboxylic acids is 1. The molecule has 24 heavy (non-hydrogen) atoms. The average molecular weight is 326 g/mol. The second kappa shape index (κ2) is 6.99. The van der Waals surface area contributed by atoms with Gasteiger partial charge in [0.15, 0.2) is 0 Å². The highest BCUT2D eigenvalue weighted by atomic mass is 16.4. The normalized spacial score (nSPS) is 17.9. The number of benzene rings is 1. The summed E-state index contributed by atoms with van der Waals surface area (Å²) in [4.78, 5) is 29.8. The van der Waals surface area contributed by atoms with Gasteiger partial charge in [0.2, 0.25) is 0 Å². The number of aliphatic carboxylic acids is 1. The van der Waals surface area contributed by atoms with E-state index in [-0.39, 0.29) is 18.2 Å². The van der Waals surface area contributed by atoms with Crippen LogP contribution < -0.4 is 0 Å². The van der Waals surface area contributed by atoms with Crippen LogP contribution in [0.5, 0.6) is 0 Å². The zero-order chi connectivity index (χ0) is 17.1. The molecule has 3 rings (SSSR count). The molecule has 0 spiro atoms. The number of likely N-dealkylation sites (tertiary alicyclic amines) is 1. The Hall–Kier alpha value is -2.43. The van der Waals surface area contributed by atoms with Gasteiger partial charge in [0, 0.05) is 36.2 Å². The number of aryl methyl sites for hydroxylation is 1. The minimum Gasteiger partial charge on any atom is -0.481 e. The fourth-order valence-electron chi connectivity index (χ4n) is 3.36. The van der Waals surface area contributed by atoms with Crippen molar-refractivity contribution in [3.05, 3.63) is 41.6 Å². The molecule has 1 N–H and O–H groups in total. The van der Waals surface area contributed by atoms with Crippen molar-refractivity contribution in [2.75, 3.05) is 13.1 Å². The molecule has 0 aliphatic carbocycles. The molecule has 5 heteroatoms. The van der Waals surface area contributed by atoms with E-state index in [0.29, 0.717) is 18.5 Å². The molecule has 0 bridgehead atoms. The number of nitrogens with zero attached hydrogens (tertiary/aromatic N) is 2. The van der Waals surface area contributed by atoms with E-state index in [0.717, 1.165) is 36.0 Å². The predicted octanol–water partition coefficient (Wildman–Crippen LogP) is 3.26. The van der Waals surface area contributed by atoms with E-state index in [9.17, 15) is 9.59 Å². The summed E-state index contributed by atoms with van der Waals surface area (Å²) in [5.41, 5.74) is 2.52. The Labute approximate surface area is 141 Å². The van der Waals surface area contributed by atoms with Crippen LogP contribution in [0.25, 0.3) is 10.9 Å². The zero-order valence-corrected chi connectivity index (χ0v) is 13.9. The van der Waals surface area contributed by atoms with Gasteiger partial charge in [-0.3, -0.25) is 14.6 Å². The first kappa shape index (κ1) is 16.4. The predicted molar refractivity (Wildman–Crippen MR) is 92.0 cm³/mol. The van der Waals surface area contributed by atoms with Crippen LogP contribution in [-0.4, -0.2) is 40.0 Å². The van der Waals surface area contributed by atoms with Crippen molar-refractivity contribution in [3.63, 3.8) is 0 Å². The van der Waals surface area contributed by atoms with Crippen LogP contribution in [0.2, 0.25) is 0 Å². The second-order valence-electron chi connectivity index (χ2n) is 6.55. The van der Waals surface area contributed by atoms with Gasteiger partial charge >= 0.3 is 5.97 Å². The third-order valence-corrected chi connectivity index (χ3v) is 4.65. The molecule has 1 aromatic carbocycles. The van der Waals surface area contributed by atoms with E-state index in [2.05, 4.69) is 4.98 Å². The van der Waals surface area contributed by atoms with Crippen molar-refractivity contribution in [1.29, 1.82) is 0 Å². The summed E-state index contributed by atoms with van der Waals surface area (Å²) >= 11 is 0. The molecule has 2 heterocycles. The summed E-state index contributed by atoms with van der Waals surface area (Å²) in [7, 11) is 0. The van der Waals surface area contributed by atoms with Gasteiger partial charge in [0.05, 0.1) is 5.52 Å². The van der Waals surface area contributed by atoms with Crippen LogP contribution in [0.4, 0.5) is 0 Å². The van der Waals surface area contributed by atoms with E-state index in [1.807, 2.05) is 42.2 Å². The molecule has 1 aliphatic rings. The van der Waals surface area contributed by atoms with Gasteiger partial charge in [-0.25, -0.2) is 0 Å². The van der Waals surface area contributed by atoms with Gasteiger partial charge in [-0.15, -0.1) is 0 Å². The lowest BCUT2D eigenvalue weighted by Crippen LogP contribution is -2.40. The van der Waals surface area contributed by atoms with Crippen molar-refractivity contribution in [1.82, 2.24) is 9.88 Å². The molecule has 1 atom stereocenters. The van der Waals surface area contributed by atoms with Crippen LogP contribution in [-0.2, 0) is 4.79 Å². The highest BCUT2D eigenvalue weighted by Gasteiger charge is 2.25. The first-order valence-electron chi connectivity index (χ1n) is 8.41. The molecule has 5 nitrogen and oxygen atoms in total. The Bertz CT molecular complexity index is 772. The fourth-order valence-corrected chi connectivity index (χ4v) is 3.36. The van der Waals surface area contributed by atoms with Crippen LogP contribution in [0, 0.1) is 12.8 Å². The number of amides is 1. The van der Waals surface area contributed by atoms with Gasteiger partial charge in [-0.05, 0) is 56.4 Å². The van der Waals surface area contributed by atoms with E-state index >= 15 is 0 Å². The number of rotatable bonds is 4. The van der Waals surface area contributed by atoms with Gasteiger partial charge in [-0.1, -0.05) is 6.07 Å². The number of fused-ring (bicyclic) bond motifs is 1. The van der Waals surface area contributed by atoms with Gasteiger partial charge < -0.3 is 10.0 Å². The second-order valence-corrected chi connectivity index (χ2v) is 6.55. The molecular weight excluding hydrogens is 304 g/mol. The van der Waals surface area contributed by atoms with E-state index < -0.39 is 5.97 Å². The lowest BCUT2D eigenvalue weighted by molar-refractivity contribution is -0.137. The molecule has 2 aromatic rings. The molecule has 1 aliphatic heterocycles. The maximum atomic E-state index is 12.8. The van der Waals surface area contributed by atoms with Crippen molar-refractivity contribution in [2.45, 2.75) is 32.6 Å². The van der Waals surface area contributed by atoms with E-state index in [4.69, 9.17) is 5.11 Å². The lowest BCUT2D eigenvalue weighted by Gasteiger charge is -2.32. The first-order valence-corrected chi connectivity index (χ1v) is 8.41. The molecule has 0 radical (unpaired) electrons. The number of hydrogen-bond acceptors (Lipinski definition) is 3. The average Bonchev–Trinajstić information content (AvgIpc) is 2.59. The third-order valence-electron chi connectivity index (χ3n) is 4.65. The molecule has 1 amide bonds. The fraction of sp³-hybridized carbons (Fsp3) is 0.421. The number of piperidine rings is 1. The molecule has 1 fully saturated rings. The van der Waals surface area contributed by atoms with Crippen molar-refractivity contribution in [2.24, 2.45) is 5.92 Å². The quantitative estimate of drug-likeness (QED) is 0.936. The Morgan fingerprint density at radius 1 is 1.29 bits per heavy atom. The number of hydrogen-bond donors (Lipinski definition) is 1. The summed E-state index contributed by atoms with van der Waals surface area (Å²) in [5.74, 6) is -0.461. The highest BCUT2D eigenvalue weighted by molar-refractivity contribution is 5.98. The van der Waals surface area contributed by atoms with Gasteiger partial charge in [0.1, 0.15) is 0 Å². The standard InChI is InChI=1S/C19H22N2O3/c1-13-4-6-15-11-16(7-8-17(15)20-13)19(24)21-10-2-3-14(12-21)5-9-18(22)23/h4,6-8,11,14H,2-3,5,9-10,12H2,1H3,(H,22,23). The Balaban J connectivity index is 1.73. The maximum Gasteiger partial charge on any atom is 0.303 e. The number of carboxylic acid groups (broad SMARTS) is 1. The summed E-state index contributed by atoms with van der Waals surface area (Å²) in [6.45, 7) is 3.34. The molecule has 0 saturated carbocycles. The van der Waals surface area contributed by atoms with Crippen molar-refractivity contribution < 1.29 is 14.7 Å². The SMILES string of the molecule is Cc1ccc2cc(C(=O)N3CCCC(CCC(=O)O)C3)ccc2n1. The zero-order valence-electron chi connectivity index (χ0n) is 13.9. The smallest absolute Gasteiger partial charge is 0.303 e. The third kappa shape index (κ3) is 3.72. The molecular formula is C19H22N2O3. The maximum absolute atomic E-state index is 12.8. The number of carbonyl (C=O) groups is 2. The Kier molecular flexibility index (Phi) is 4.79. The van der Waals surface area contributed by atoms with Crippen LogP contribution >= 0.6 is 0 Å². The molecule has 1 saturated heterocycles. The van der Waals surface area contributed by atoms with Gasteiger partial charge in [-0.2, -0.15) is 0 Å². The monoisotopic (exact) mass is 326 g/mol. The van der Waals surface area contributed by atoms with Gasteiger partial charge in [0.25, 0.3) is 5.91 Å². The van der Waals surface area contributed by atoms with Crippen LogP contribution in [0.15, 0.2) is 30.3 Å². The Morgan fingerprint density at radius 3 is 2.92 bits per heavy atom. The minimum atomic E-state index is -0.768. The summed E-state index contributed by atoms with van der Waals surface area (Å²) in [6, 6.07) is 9.55. The molecule has 126 valence electrons. The molecule has 1 aromatic heterocycles. The summed E-state index contributed by atoms with van der Waals surface area (Å²) in [6.07, 6.45) is 2.75. The number of pyridine rings is 1. The van der Waals surface area contributed by atoms with E-state index in [1.54, 1.807) is 0 Å². The summed E-state index contributed by atoms with van der Waals surface area (Å²) < 4.78 is 0. The topological polar surface area (TPSA) is 70.5 Å². The molecule has 1 unspecified atom stereocenters. The first-order chi connectivity index (χ1) is 11.5. The number of aromatic nitrogens is 1. The van der Waals surface area contributed by atoms with Crippen molar-refractivity contribution in [3.8, 4) is 0 Å². The Morgan fingerprint density at radius 2 is 2.12 bits per heavy atom. The minimum absolute atomic E-state index is 0.0255. The number of carboxylic acids is 1. The largest absolute Gasteiger partial charge is 0.481 e. The van der Waals surface area contributed by atoms with Crippen LogP contribution in [0.1, 0.15) is 41.7 Å².